The zero-order valence-electron chi connectivity index (χ0n) is 17.7. The van der Waals surface area contributed by atoms with Gasteiger partial charge in [0.1, 0.15) is 10.7 Å². The summed E-state index contributed by atoms with van der Waals surface area (Å²) in [7, 11) is -1.93. The largest absolute Gasteiger partial charge is 0.467 e. The number of fused-ring (bicyclic) bond motifs is 1. The second-order valence-electron chi connectivity index (χ2n) is 7.85. The molecule has 0 unspecified atom stereocenters. The van der Waals surface area contributed by atoms with Gasteiger partial charge in [0.05, 0.1) is 24.9 Å². The third-order valence-electron chi connectivity index (χ3n) is 5.52. The van der Waals surface area contributed by atoms with Crippen LogP contribution in [-0.4, -0.2) is 73.2 Å². The van der Waals surface area contributed by atoms with Crippen LogP contribution in [0.2, 0.25) is 0 Å². The Morgan fingerprint density at radius 3 is 2.65 bits per heavy atom. The fourth-order valence-corrected chi connectivity index (χ4v) is 5.34. The van der Waals surface area contributed by atoms with Crippen LogP contribution in [0.1, 0.15) is 11.3 Å². The molecule has 1 amide bonds. The monoisotopic (exact) mass is 442 g/mol. The average molecular weight is 443 g/mol. The predicted molar refractivity (Wildman–Crippen MR) is 117 cm³/mol. The van der Waals surface area contributed by atoms with E-state index < -0.39 is 10.0 Å². The number of carbonyl (C=O) groups excluding carboxylic acids is 1. The number of rotatable bonds is 6. The Balaban J connectivity index is 1.40. The molecule has 1 fully saturated rings. The summed E-state index contributed by atoms with van der Waals surface area (Å²) < 4.78 is 33.3. The summed E-state index contributed by atoms with van der Waals surface area (Å²) in [6.45, 7) is 4.25. The summed E-state index contributed by atoms with van der Waals surface area (Å²) in [6.07, 6.45) is 3.27. The third-order valence-corrected chi connectivity index (χ3v) is 7.45. The van der Waals surface area contributed by atoms with E-state index in [1.807, 2.05) is 30.0 Å². The van der Waals surface area contributed by atoms with Gasteiger partial charge in [-0.05, 0) is 36.8 Å². The molecule has 0 bridgehead atoms. The number of pyridine rings is 1. The molecule has 164 valence electrons. The van der Waals surface area contributed by atoms with E-state index in [2.05, 4.69) is 4.98 Å². The standard InChI is InChI=1S/C22H26N4O4S/c1-17-13-18-5-3-7-20(22(18)23-14-17)31(28,29)26-10-8-25(9-11-26)16-21(27)24(2)15-19-6-4-12-30-19/h3-7,12-14H,8-11,15-16H2,1-2H3. The van der Waals surface area contributed by atoms with Crippen molar-refractivity contribution in [3.8, 4) is 0 Å². The SMILES string of the molecule is Cc1cnc2c(S(=O)(=O)N3CCN(CC(=O)N(C)Cc4ccco4)CC3)cccc2c1. The number of carbonyl (C=O) groups is 1. The molecule has 3 aromatic rings. The number of aromatic nitrogens is 1. The van der Waals surface area contributed by atoms with Gasteiger partial charge >= 0.3 is 0 Å². The number of benzene rings is 1. The molecular weight excluding hydrogens is 416 g/mol. The zero-order chi connectivity index (χ0) is 22.0. The van der Waals surface area contributed by atoms with Crippen LogP contribution in [0.25, 0.3) is 10.9 Å². The summed E-state index contributed by atoms with van der Waals surface area (Å²) in [5.74, 6) is 0.701. The summed E-state index contributed by atoms with van der Waals surface area (Å²) in [5, 5.41) is 0.810. The van der Waals surface area contributed by atoms with E-state index in [4.69, 9.17) is 4.42 Å². The Kier molecular flexibility index (Phi) is 6.08. The van der Waals surface area contributed by atoms with Crippen molar-refractivity contribution < 1.29 is 17.6 Å². The van der Waals surface area contributed by atoms with Crippen molar-refractivity contribution in [1.29, 1.82) is 0 Å². The van der Waals surface area contributed by atoms with Gasteiger partial charge in [0.15, 0.2) is 0 Å². The van der Waals surface area contributed by atoms with Crippen molar-refractivity contribution in [3.63, 3.8) is 0 Å². The van der Waals surface area contributed by atoms with Crippen molar-refractivity contribution in [3.05, 3.63) is 60.2 Å². The van der Waals surface area contributed by atoms with Gasteiger partial charge in [-0.25, -0.2) is 8.42 Å². The van der Waals surface area contributed by atoms with Gasteiger partial charge in [-0.1, -0.05) is 12.1 Å². The molecule has 0 atom stereocenters. The van der Waals surface area contributed by atoms with Gasteiger partial charge in [-0.15, -0.1) is 0 Å². The molecule has 0 N–H and O–H groups in total. The molecule has 9 heteroatoms. The fourth-order valence-electron chi connectivity index (χ4n) is 3.75. The van der Waals surface area contributed by atoms with Crippen molar-refractivity contribution >= 4 is 26.8 Å². The lowest BCUT2D eigenvalue weighted by atomic mass is 10.2. The van der Waals surface area contributed by atoms with E-state index in [1.54, 1.807) is 42.6 Å². The van der Waals surface area contributed by atoms with Crippen molar-refractivity contribution in [2.24, 2.45) is 0 Å². The summed E-state index contributed by atoms with van der Waals surface area (Å²) in [4.78, 5) is 20.7. The number of sulfonamides is 1. The highest BCUT2D eigenvalue weighted by atomic mass is 32.2. The van der Waals surface area contributed by atoms with Gasteiger partial charge in [-0.2, -0.15) is 4.31 Å². The lowest BCUT2D eigenvalue weighted by molar-refractivity contribution is -0.132. The molecular formula is C22H26N4O4S. The zero-order valence-corrected chi connectivity index (χ0v) is 18.5. The van der Waals surface area contributed by atoms with Crippen LogP contribution in [0.15, 0.2) is 58.2 Å². The van der Waals surface area contributed by atoms with Crippen LogP contribution >= 0.6 is 0 Å². The maximum absolute atomic E-state index is 13.3. The van der Waals surface area contributed by atoms with Gasteiger partial charge in [-0.3, -0.25) is 14.7 Å². The Bertz CT molecular complexity index is 1170. The van der Waals surface area contributed by atoms with Gasteiger partial charge in [0.2, 0.25) is 15.9 Å². The van der Waals surface area contributed by atoms with E-state index in [1.165, 1.54) is 4.31 Å². The lowest BCUT2D eigenvalue weighted by Crippen LogP contribution is -2.51. The van der Waals surface area contributed by atoms with Gasteiger partial charge < -0.3 is 9.32 Å². The minimum absolute atomic E-state index is 0.0265. The van der Waals surface area contributed by atoms with E-state index in [0.29, 0.717) is 38.2 Å². The Labute approximate surface area is 182 Å². The average Bonchev–Trinajstić information content (AvgIpc) is 3.26. The number of nitrogens with zero attached hydrogens (tertiary/aromatic N) is 4. The number of amides is 1. The van der Waals surface area contributed by atoms with Crippen molar-refractivity contribution in [2.45, 2.75) is 18.4 Å². The number of likely N-dealkylation sites (N-methyl/N-ethyl adjacent to an activating group) is 1. The predicted octanol–water partition coefficient (Wildman–Crippen LogP) is 2.10. The summed E-state index contributed by atoms with van der Waals surface area (Å²) in [6, 6.07) is 10.8. The first kappa shape index (κ1) is 21.5. The molecule has 1 aromatic carbocycles. The van der Waals surface area contributed by atoms with E-state index in [-0.39, 0.29) is 17.3 Å². The lowest BCUT2D eigenvalue weighted by Gasteiger charge is -2.34. The topological polar surface area (TPSA) is 87.0 Å². The van der Waals surface area contributed by atoms with Gasteiger partial charge in [0.25, 0.3) is 0 Å². The Morgan fingerprint density at radius 1 is 1.16 bits per heavy atom. The first-order chi connectivity index (χ1) is 14.8. The molecule has 0 saturated carbocycles. The molecule has 8 nitrogen and oxygen atoms in total. The molecule has 3 heterocycles. The number of hydrogen-bond acceptors (Lipinski definition) is 6. The minimum Gasteiger partial charge on any atom is -0.467 e. The number of piperazine rings is 1. The highest BCUT2D eigenvalue weighted by Crippen LogP contribution is 2.25. The quantitative estimate of drug-likeness (QED) is 0.581. The van der Waals surface area contributed by atoms with Crippen LogP contribution in [0.5, 0.6) is 0 Å². The number of aryl methyl sites for hydroxylation is 1. The highest BCUT2D eigenvalue weighted by molar-refractivity contribution is 7.89. The second kappa shape index (κ2) is 8.78. The Hall–Kier alpha value is -2.75. The molecule has 1 saturated heterocycles. The first-order valence-electron chi connectivity index (χ1n) is 10.2. The molecule has 1 aliphatic heterocycles. The highest BCUT2D eigenvalue weighted by Gasteiger charge is 2.31. The second-order valence-corrected chi connectivity index (χ2v) is 9.76. The molecule has 0 spiro atoms. The minimum atomic E-state index is -3.67. The van der Waals surface area contributed by atoms with Gasteiger partial charge in [0, 0.05) is 44.8 Å². The van der Waals surface area contributed by atoms with E-state index in [9.17, 15) is 13.2 Å². The van der Waals surface area contributed by atoms with Crippen LogP contribution < -0.4 is 0 Å². The fraction of sp³-hybridized carbons (Fsp3) is 0.364. The summed E-state index contributed by atoms with van der Waals surface area (Å²) >= 11 is 0. The van der Waals surface area contributed by atoms with Crippen molar-refractivity contribution in [2.75, 3.05) is 39.8 Å². The number of para-hydroxylation sites is 1. The van der Waals surface area contributed by atoms with E-state index in [0.717, 1.165) is 16.7 Å². The van der Waals surface area contributed by atoms with Crippen LogP contribution in [0.4, 0.5) is 0 Å². The van der Waals surface area contributed by atoms with E-state index >= 15 is 0 Å². The number of hydrogen-bond donors (Lipinski definition) is 0. The maximum atomic E-state index is 13.3. The normalized spacial score (nSPS) is 15.9. The van der Waals surface area contributed by atoms with Crippen LogP contribution in [0.3, 0.4) is 0 Å². The number of furan rings is 1. The molecule has 1 aliphatic rings. The van der Waals surface area contributed by atoms with Crippen LogP contribution in [0, 0.1) is 6.92 Å². The molecule has 2 aromatic heterocycles. The molecule has 31 heavy (non-hydrogen) atoms. The van der Waals surface area contributed by atoms with Crippen LogP contribution in [-0.2, 0) is 21.4 Å². The Morgan fingerprint density at radius 2 is 1.94 bits per heavy atom. The molecule has 0 aliphatic carbocycles. The maximum Gasteiger partial charge on any atom is 0.245 e. The molecule has 4 rings (SSSR count). The molecule has 0 radical (unpaired) electrons. The first-order valence-corrected chi connectivity index (χ1v) is 11.6. The smallest absolute Gasteiger partial charge is 0.245 e. The summed E-state index contributed by atoms with van der Waals surface area (Å²) in [5.41, 5.74) is 1.47. The van der Waals surface area contributed by atoms with Crippen molar-refractivity contribution in [1.82, 2.24) is 19.1 Å². The third kappa shape index (κ3) is 4.63.